The average Bonchev–Trinajstić information content (AvgIpc) is 2.58. The summed E-state index contributed by atoms with van der Waals surface area (Å²) in [5.41, 5.74) is 3.86. The van der Waals surface area contributed by atoms with Crippen LogP contribution in [0.25, 0.3) is 0 Å². The Morgan fingerprint density at radius 3 is 2.17 bits per heavy atom. The highest BCUT2D eigenvalue weighted by Crippen LogP contribution is 2.38. The number of rotatable bonds is 9. The van der Waals surface area contributed by atoms with Crippen molar-refractivity contribution in [1.82, 2.24) is 5.43 Å². The van der Waals surface area contributed by atoms with Gasteiger partial charge >= 0.3 is 0 Å². The van der Waals surface area contributed by atoms with Gasteiger partial charge in [-0.15, -0.1) is 0 Å². The Bertz CT molecular complexity index is 531. The largest absolute Gasteiger partial charge is 0.493 e. The fourth-order valence-corrected chi connectivity index (χ4v) is 2.11. The van der Waals surface area contributed by atoms with E-state index in [1.165, 1.54) is 21.3 Å². The van der Waals surface area contributed by atoms with Crippen molar-refractivity contribution in [2.45, 2.75) is 39.5 Å². The Morgan fingerprint density at radius 1 is 1.09 bits per heavy atom. The van der Waals surface area contributed by atoms with Crippen molar-refractivity contribution in [2.24, 2.45) is 5.10 Å². The van der Waals surface area contributed by atoms with Gasteiger partial charge in [-0.1, -0.05) is 19.8 Å². The number of hydrogen-bond acceptors (Lipinski definition) is 5. The number of benzene rings is 1. The van der Waals surface area contributed by atoms with Crippen LogP contribution in [0.4, 0.5) is 0 Å². The lowest BCUT2D eigenvalue weighted by Crippen LogP contribution is -2.19. The van der Waals surface area contributed by atoms with Gasteiger partial charge in [-0.2, -0.15) is 5.10 Å². The maximum atomic E-state index is 12.2. The van der Waals surface area contributed by atoms with Crippen molar-refractivity contribution in [3.8, 4) is 17.2 Å². The number of methoxy groups -OCH3 is 3. The lowest BCUT2D eigenvalue weighted by Gasteiger charge is -2.13. The molecule has 0 unspecified atom stereocenters. The van der Waals surface area contributed by atoms with Crippen LogP contribution in [0.5, 0.6) is 17.2 Å². The first-order chi connectivity index (χ1) is 11.1. The molecule has 0 atom stereocenters. The Morgan fingerprint density at radius 2 is 1.70 bits per heavy atom. The van der Waals surface area contributed by atoms with E-state index >= 15 is 0 Å². The lowest BCUT2D eigenvalue weighted by atomic mass is 10.1. The van der Waals surface area contributed by atoms with Gasteiger partial charge in [0.1, 0.15) is 0 Å². The first kappa shape index (κ1) is 18.8. The molecule has 23 heavy (non-hydrogen) atoms. The molecule has 1 aromatic rings. The van der Waals surface area contributed by atoms with Gasteiger partial charge in [0.2, 0.25) is 5.75 Å². The summed E-state index contributed by atoms with van der Waals surface area (Å²) in [7, 11) is 4.54. The van der Waals surface area contributed by atoms with Gasteiger partial charge < -0.3 is 14.2 Å². The number of nitrogens with zero attached hydrogens (tertiary/aromatic N) is 1. The molecule has 128 valence electrons. The number of unbranched alkanes of at least 4 members (excludes halogenated alkanes) is 2. The minimum absolute atomic E-state index is 0.320. The molecule has 0 radical (unpaired) electrons. The average molecular weight is 322 g/mol. The van der Waals surface area contributed by atoms with E-state index in [2.05, 4.69) is 17.5 Å². The quantitative estimate of drug-likeness (QED) is 0.430. The van der Waals surface area contributed by atoms with Gasteiger partial charge in [-0.3, -0.25) is 4.79 Å². The Hall–Kier alpha value is -2.24. The fraction of sp³-hybridized carbons (Fsp3) is 0.529. The van der Waals surface area contributed by atoms with E-state index in [0.29, 0.717) is 22.8 Å². The lowest BCUT2D eigenvalue weighted by molar-refractivity contribution is 0.0954. The zero-order chi connectivity index (χ0) is 17.2. The summed E-state index contributed by atoms with van der Waals surface area (Å²) in [5.74, 6) is 0.992. The Kier molecular flexibility index (Phi) is 7.94. The molecule has 0 spiro atoms. The van der Waals surface area contributed by atoms with Crippen molar-refractivity contribution in [1.29, 1.82) is 0 Å². The minimum Gasteiger partial charge on any atom is -0.493 e. The van der Waals surface area contributed by atoms with Crippen molar-refractivity contribution in [3.63, 3.8) is 0 Å². The van der Waals surface area contributed by atoms with Crippen LogP contribution >= 0.6 is 0 Å². The van der Waals surface area contributed by atoms with Crippen molar-refractivity contribution < 1.29 is 19.0 Å². The number of carbonyl (C=O) groups is 1. The third-order valence-electron chi connectivity index (χ3n) is 3.42. The molecule has 0 fully saturated rings. The monoisotopic (exact) mass is 322 g/mol. The molecule has 6 heteroatoms. The molecule has 0 aliphatic heterocycles. The van der Waals surface area contributed by atoms with Crippen LogP contribution in [0.1, 0.15) is 49.9 Å². The molecular formula is C17H26N2O4. The molecule has 1 aromatic carbocycles. The number of amides is 1. The predicted octanol–water partition coefficient (Wildman–Crippen LogP) is 3.40. The second-order valence-electron chi connectivity index (χ2n) is 5.16. The highest BCUT2D eigenvalue weighted by Gasteiger charge is 2.16. The number of nitrogens with one attached hydrogen (secondary N) is 1. The molecule has 0 aliphatic rings. The second-order valence-corrected chi connectivity index (χ2v) is 5.16. The number of hydrazone groups is 1. The molecule has 0 aliphatic carbocycles. The van der Waals surface area contributed by atoms with Crippen LogP contribution in [0.3, 0.4) is 0 Å². The van der Waals surface area contributed by atoms with E-state index < -0.39 is 0 Å². The first-order valence-electron chi connectivity index (χ1n) is 7.70. The standard InChI is InChI=1S/C17H26N2O4/c1-6-7-8-9-12(2)18-19-17(20)13-10-14(21-3)16(23-5)15(11-13)22-4/h10-11H,6-9H2,1-5H3,(H,19,20)/b18-12+. The van der Waals surface area contributed by atoms with Gasteiger partial charge in [-0.05, 0) is 31.9 Å². The van der Waals surface area contributed by atoms with Gasteiger partial charge in [0, 0.05) is 11.3 Å². The van der Waals surface area contributed by atoms with E-state index in [1.807, 2.05) is 6.92 Å². The van der Waals surface area contributed by atoms with Crippen LogP contribution < -0.4 is 19.6 Å². The van der Waals surface area contributed by atoms with Crippen molar-refractivity contribution >= 4 is 11.6 Å². The summed E-state index contributed by atoms with van der Waals surface area (Å²) in [5, 5.41) is 4.13. The zero-order valence-corrected chi connectivity index (χ0v) is 14.6. The van der Waals surface area contributed by atoms with E-state index in [-0.39, 0.29) is 5.91 Å². The predicted molar refractivity (Wildman–Crippen MR) is 90.8 cm³/mol. The van der Waals surface area contributed by atoms with Gasteiger partial charge in [0.25, 0.3) is 5.91 Å². The van der Waals surface area contributed by atoms with Crippen LogP contribution in [-0.4, -0.2) is 32.9 Å². The second kappa shape index (κ2) is 9.71. The normalized spacial score (nSPS) is 11.1. The topological polar surface area (TPSA) is 69.2 Å². The van der Waals surface area contributed by atoms with Crippen LogP contribution in [0, 0.1) is 0 Å². The molecule has 1 amide bonds. The highest BCUT2D eigenvalue weighted by atomic mass is 16.5. The zero-order valence-electron chi connectivity index (χ0n) is 14.6. The van der Waals surface area contributed by atoms with Gasteiger partial charge in [-0.25, -0.2) is 5.43 Å². The third kappa shape index (κ3) is 5.47. The van der Waals surface area contributed by atoms with Crippen molar-refractivity contribution in [3.05, 3.63) is 17.7 Å². The molecule has 0 aromatic heterocycles. The third-order valence-corrected chi connectivity index (χ3v) is 3.42. The number of carbonyl (C=O) groups excluding carboxylic acids is 1. The SMILES string of the molecule is CCCCC/C(C)=N/NC(=O)c1cc(OC)c(OC)c(OC)c1. The fourth-order valence-electron chi connectivity index (χ4n) is 2.11. The van der Waals surface area contributed by atoms with Crippen LogP contribution in [0.15, 0.2) is 17.2 Å². The molecular weight excluding hydrogens is 296 g/mol. The molecule has 1 rings (SSSR count). The summed E-state index contributed by atoms with van der Waals surface area (Å²) >= 11 is 0. The van der Waals surface area contributed by atoms with Gasteiger partial charge in [0.05, 0.1) is 21.3 Å². The van der Waals surface area contributed by atoms with Gasteiger partial charge in [0.15, 0.2) is 11.5 Å². The minimum atomic E-state index is -0.320. The number of ether oxygens (including phenoxy) is 3. The van der Waals surface area contributed by atoms with E-state index in [0.717, 1.165) is 31.4 Å². The van der Waals surface area contributed by atoms with Crippen LogP contribution in [0.2, 0.25) is 0 Å². The maximum Gasteiger partial charge on any atom is 0.271 e. The maximum absolute atomic E-state index is 12.2. The smallest absolute Gasteiger partial charge is 0.271 e. The van der Waals surface area contributed by atoms with Crippen LogP contribution in [-0.2, 0) is 0 Å². The summed E-state index contributed by atoms with van der Waals surface area (Å²) < 4.78 is 15.7. The molecule has 0 saturated carbocycles. The molecule has 0 heterocycles. The van der Waals surface area contributed by atoms with E-state index in [1.54, 1.807) is 12.1 Å². The molecule has 1 N–H and O–H groups in total. The summed E-state index contributed by atoms with van der Waals surface area (Å²) in [6.07, 6.45) is 4.27. The first-order valence-corrected chi connectivity index (χ1v) is 7.70. The highest BCUT2D eigenvalue weighted by molar-refractivity contribution is 5.96. The number of hydrogen-bond donors (Lipinski definition) is 1. The molecule has 6 nitrogen and oxygen atoms in total. The van der Waals surface area contributed by atoms with Crippen molar-refractivity contribution in [2.75, 3.05) is 21.3 Å². The summed E-state index contributed by atoms with van der Waals surface area (Å²) in [6.45, 7) is 4.06. The molecule has 0 saturated heterocycles. The summed E-state index contributed by atoms with van der Waals surface area (Å²) in [4.78, 5) is 12.2. The van der Waals surface area contributed by atoms with E-state index in [9.17, 15) is 4.79 Å². The Labute approximate surface area is 137 Å². The molecule has 0 bridgehead atoms. The Balaban J connectivity index is 2.85. The summed E-state index contributed by atoms with van der Waals surface area (Å²) in [6, 6.07) is 3.19. The van der Waals surface area contributed by atoms with E-state index in [4.69, 9.17) is 14.2 Å².